The van der Waals surface area contributed by atoms with Gasteiger partial charge in [-0.25, -0.2) is 0 Å². The molecular weight excluding hydrogens is 322 g/mol. The van der Waals surface area contributed by atoms with Crippen molar-refractivity contribution in [3.8, 4) is 0 Å². The summed E-state index contributed by atoms with van der Waals surface area (Å²) in [5.74, 6) is 0.0974. The van der Waals surface area contributed by atoms with Gasteiger partial charge in [0, 0.05) is 44.0 Å². The van der Waals surface area contributed by atoms with Crippen LogP contribution in [0.3, 0.4) is 0 Å². The largest absolute Gasteiger partial charge is 0.399 e. The highest BCUT2D eigenvalue weighted by Crippen LogP contribution is 2.13. The minimum Gasteiger partial charge on any atom is -0.399 e. The third kappa shape index (κ3) is 4.49. The van der Waals surface area contributed by atoms with Crippen LogP contribution in [0.25, 0.3) is 0 Å². The van der Waals surface area contributed by atoms with Gasteiger partial charge in [0.15, 0.2) is 0 Å². The highest BCUT2D eigenvalue weighted by atomic mass is 35.5. The molecule has 3 rings (SSSR count). The van der Waals surface area contributed by atoms with E-state index in [1.165, 1.54) is 11.1 Å². The maximum atomic E-state index is 12.5. The Labute approximate surface area is 149 Å². The molecule has 1 fully saturated rings. The molecule has 1 heterocycles. The molecule has 1 aliphatic heterocycles. The van der Waals surface area contributed by atoms with Crippen LogP contribution in [0.2, 0.25) is 0 Å². The number of hydrogen-bond acceptors (Lipinski definition) is 3. The molecule has 0 aliphatic carbocycles. The van der Waals surface area contributed by atoms with Crippen molar-refractivity contribution in [1.82, 2.24) is 9.80 Å². The number of halogens is 1. The van der Waals surface area contributed by atoms with Crippen LogP contribution in [-0.2, 0) is 6.54 Å². The number of benzene rings is 2. The maximum absolute atomic E-state index is 12.5. The number of piperazine rings is 1. The molecular formula is C19H24ClN3O. The summed E-state index contributed by atoms with van der Waals surface area (Å²) in [4.78, 5) is 16.8. The van der Waals surface area contributed by atoms with E-state index in [0.29, 0.717) is 11.3 Å². The minimum atomic E-state index is 0. The molecule has 2 N–H and O–H groups in total. The zero-order valence-corrected chi connectivity index (χ0v) is 14.8. The quantitative estimate of drug-likeness (QED) is 0.870. The van der Waals surface area contributed by atoms with Crippen LogP contribution in [0.15, 0.2) is 48.5 Å². The Balaban J connectivity index is 0.00000208. The molecule has 1 saturated heterocycles. The second-order valence-electron chi connectivity index (χ2n) is 6.18. The fraction of sp³-hybridized carbons (Fsp3) is 0.316. The lowest BCUT2D eigenvalue weighted by Crippen LogP contribution is -2.48. The molecule has 1 amide bonds. The van der Waals surface area contributed by atoms with E-state index in [1.54, 1.807) is 24.3 Å². The molecule has 4 nitrogen and oxygen atoms in total. The summed E-state index contributed by atoms with van der Waals surface area (Å²) in [7, 11) is 0. The van der Waals surface area contributed by atoms with Gasteiger partial charge in [0.25, 0.3) is 5.91 Å². The van der Waals surface area contributed by atoms with Crippen LogP contribution in [0, 0.1) is 6.92 Å². The van der Waals surface area contributed by atoms with Gasteiger partial charge in [-0.1, -0.05) is 29.8 Å². The van der Waals surface area contributed by atoms with E-state index in [9.17, 15) is 4.79 Å². The molecule has 2 aromatic carbocycles. The van der Waals surface area contributed by atoms with Crippen molar-refractivity contribution in [2.75, 3.05) is 31.9 Å². The number of rotatable bonds is 3. The maximum Gasteiger partial charge on any atom is 0.253 e. The first-order valence-corrected chi connectivity index (χ1v) is 8.04. The van der Waals surface area contributed by atoms with Crippen molar-refractivity contribution in [2.45, 2.75) is 13.5 Å². The monoisotopic (exact) mass is 345 g/mol. The van der Waals surface area contributed by atoms with Gasteiger partial charge >= 0.3 is 0 Å². The van der Waals surface area contributed by atoms with Crippen LogP contribution in [0.4, 0.5) is 5.69 Å². The van der Waals surface area contributed by atoms with E-state index in [0.717, 1.165) is 32.7 Å². The molecule has 1 aliphatic rings. The van der Waals surface area contributed by atoms with Crippen LogP contribution in [-0.4, -0.2) is 41.9 Å². The van der Waals surface area contributed by atoms with Crippen molar-refractivity contribution in [2.24, 2.45) is 0 Å². The molecule has 0 radical (unpaired) electrons. The zero-order chi connectivity index (χ0) is 16.2. The summed E-state index contributed by atoms with van der Waals surface area (Å²) in [6, 6.07) is 15.8. The second-order valence-corrected chi connectivity index (χ2v) is 6.18. The van der Waals surface area contributed by atoms with Gasteiger partial charge in [-0.05, 0) is 36.8 Å². The number of amides is 1. The Morgan fingerprint density at radius 3 is 2.33 bits per heavy atom. The molecule has 0 bridgehead atoms. The summed E-state index contributed by atoms with van der Waals surface area (Å²) in [6.07, 6.45) is 0. The van der Waals surface area contributed by atoms with Gasteiger partial charge in [0.1, 0.15) is 0 Å². The number of nitrogens with two attached hydrogens (primary N) is 1. The average Bonchev–Trinajstić information content (AvgIpc) is 2.56. The van der Waals surface area contributed by atoms with Crippen molar-refractivity contribution in [1.29, 1.82) is 0 Å². The molecule has 0 spiro atoms. The summed E-state index contributed by atoms with van der Waals surface area (Å²) >= 11 is 0. The standard InChI is InChI=1S/C19H23N3O.ClH/c1-15-3-2-4-16(13-15)14-21-9-11-22(12-10-21)19(23)17-5-7-18(20)8-6-17;/h2-8,13H,9-12,14,20H2,1H3;1H. The average molecular weight is 346 g/mol. The fourth-order valence-electron chi connectivity index (χ4n) is 2.99. The van der Waals surface area contributed by atoms with E-state index in [2.05, 4.69) is 36.1 Å². The normalized spacial score (nSPS) is 15.0. The zero-order valence-electron chi connectivity index (χ0n) is 13.9. The Hall–Kier alpha value is -2.04. The van der Waals surface area contributed by atoms with Crippen LogP contribution in [0.1, 0.15) is 21.5 Å². The Bertz CT molecular complexity index is 679. The smallest absolute Gasteiger partial charge is 0.253 e. The predicted molar refractivity (Wildman–Crippen MR) is 100 cm³/mol. The van der Waals surface area contributed by atoms with Gasteiger partial charge in [-0.2, -0.15) is 0 Å². The number of carbonyl (C=O) groups is 1. The minimum absolute atomic E-state index is 0. The summed E-state index contributed by atoms with van der Waals surface area (Å²) < 4.78 is 0. The third-order valence-electron chi connectivity index (χ3n) is 4.31. The summed E-state index contributed by atoms with van der Waals surface area (Å²) in [6.45, 7) is 6.44. The lowest BCUT2D eigenvalue weighted by atomic mass is 10.1. The summed E-state index contributed by atoms with van der Waals surface area (Å²) in [5.41, 5.74) is 9.70. The topological polar surface area (TPSA) is 49.6 Å². The van der Waals surface area contributed by atoms with Crippen molar-refractivity contribution in [3.63, 3.8) is 0 Å². The molecule has 0 aromatic heterocycles. The van der Waals surface area contributed by atoms with Gasteiger partial charge in [-0.15, -0.1) is 12.4 Å². The van der Waals surface area contributed by atoms with E-state index in [4.69, 9.17) is 5.73 Å². The number of hydrogen-bond donors (Lipinski definition) is 1. The molecule has 0 unspecified atom stereocenters. The highest BCUT2D eigenvalue weighted by molar-refractivity contribution is 5.94. The fourth-order valence-corrected chi connectivity index (χ4v) is 2.99. The lowest BCUT2D eigenvalue weighted by Gasteiger charge is -2.34. The first kappa shape index (κ1) is 18.3. The molecule has 5 heteroatoms. The molecule has 24 heavy (non-hydrogen) atoms. The first-order valence-electron chi connectivity index (χ1n) is 8.04. The molecule has 128 valence electrons. The number of anilines is 1. The molecule has 0 saturated carbocycles. The van der Waals surface area contributed by atoms with Gasteiger partial charge in [0.2, 0.25) is 0 Å². The van der Waals surface area contributed by atoms with E-state index < -0.39 is 0 Å². The second kappa shape index (κ2) is 8.18. The lowest BCUT2D eigenvalue weighted by molar-refractivity contribution is 0.0628. The Morgan fingerprint density at radius 2 is 1.71 bits per heavy atom. The first-order chi connectivity index (χ1) is 11.1. The number of nitrogens with zero attached hydrogens (tertiary/aromatic N) is 2. The van der Waals surface area contributed by atoms with Gasteiger partial charge < -0.3 is 10.6 Å². The van der Waals surface area contributed by atoms with E-state index in [-0.39, 0.29) is 18.3 Å². The van der Waals surface area contributed by atoms with Gasteiger partial charge in [-0.3, -0.25) is 9.69 Å². The van der Waals surface area contributed by atoms with E-state index >= 15 is 0 Å². The molecule has 0 atom stereocenters. The van der Waals surface area contributed by atoms with Gasteiger partial charge in [0.05, 0.1) is 0 Å². The van der Waals surface area contributed by atoms with Crippen LogP contribution < -0.4 is 5.73 Å². The van der Waals surface area contributed by atoms with Crippen LogP contribution >= 0.6 is 12.4 Å². The van der Waals surface area contributed by atoms with Crippen LogP contribution in [0.5, 0.6) is 0 Å². The molecule has 2 aromatic rings. The summed E-state index contributed by atoms with van der Waals surface area (Å²) in [5, 5.41) is 0. The Kier molecular flexibility index (Phi) is 6.23. The SMILES string of the molecule is Cc1cccc(CN2CCN(C(=O)c3ccc(N)cc3)CC2)c1.Cl. The number of aryl methyl sites for hydroxylation is 1. The Morgan fingerprint density at radius 1 is 1.04 bits per heavy atom. The van der Waals surface area contributed by atoms with E-state index in [1.807, 2.05) is 4.90 Å². The predicted octanol–water partition coefficient (Wildman–Crippen LogP) is 2.96. The van der Waals surface area contributed by atoms with Crippen molar-refractivity contribution >= 4 is 24.0 Å². The number of nitrogen functional groups attached to an aromatic ring is 1. The van der Waals surface area contributed by atoms with Crippen molar-refractivity contribution in [3.05, 3.63) is 65.2 Å². The van der Waals surface area contributed by atoms with Crippen molar-refractivity contribution < 1.29 is 4.79 Å². The highest BCUT2D eigenvalue weighted by Gasteiger charge is 2.22. The third-order valence-corrected chi connectivity index (χ3v) is 4.31. The number of carbonyl (C=O) groups excluding carboxylic acids is 1.